The summed E-state index contributed by atoms with van der Waals surface area (Å²) in [6, 6.07) is 0. The maximum atomic E-state index is 10.7. The van der Waals surface area contributed by atoms with Gasteiger partial charge in [0.2, 0.25) is 0 Å². The molecule has 1 saturated carbocycles. The molecule has 3 nitrogen and oxygen atoms in total. The van der Waals surface area contributed by atoms with Crippen molar-refractivity contribution in [2.75, 3.05) is 39.3 Å². The molecule has 3 aliphatic rings. The number of hydrogen-bond donors (Lipinski definition) is 1. The van der Waals surface area contributed by atoms with Crippen molar-refractivity contribution in [3.8, 4) is 0 Å². The summed E-state index contributed by atoms with van der Waals surface area (Å²) in [4.78, 5) is 5.18. The zero-order valence-corrected chi connectivity index (χ0v) is 12.3. The Morgan fingerprint density at radius 1 is 0.895 bits per heavy atom. The predicted octanol–water partition coefficient (Wildman–Crippen LogP) is 2.10. The molecule has 2 saturated heterocycles. The Hall–Kier alpha value is -0.120. The molecule has 2 aliphatic heterocycles. The van der Waals surface area contributed by atoms with Gasteiger partial charge in [-0.1, -0.05) is 19.3 Å². The van der Waals surface area contributed by atoms with Crippen LogP contribution in [-0.2, 0) is 0 Å². The molecule has 0 radical (unpaired) electrons. The third kappa shape index (κ3) is 3.71. The van der Waals surface area contributed by atoms with Crippen molar-refractivity contribution in [3.05, 3.63) is 0 Å². The van der Waals surface area contributed by atoms with Gasteiger partial charge in [-0.2, -0.15) is 0 Å². The van der Waals surface area contributed by atoms with Crippen LogP contribution in [0.25, 0.3) is 0 Å². The van der Waals surface area contributed by atoms with Crippen molar-refractivity contribution in [2.45, 2.75) is 57.0 Å². The molecule has 0 bridgehead atoms. The van der Waals surface area contributed by atoms with Gasteiger partial charge in [0.25, 0.3) is 0 Å². The lowest BCUT2D eigenvalue weighted by molar-refractivity contribution is -0.0222. The highest BCUT2D eigenvalue weighted by atomic mass is 16.3. The Morgan fingerprint density at radius 2 is 1.63 bits per heavy atom. The van der Waals surface area contributed by atoms with E-state index in [9.17, 15) is 5.11 Å². The second-order valence-corrected chi connectivity index (χ2v) is 7.18. The molecule has 1 atom stereocenters. The molecule has 0 spiro atoms. The number of rotatable bonds is 4. The van der Waals surface area contributed by atoms with Crippen molar-refractivity contribution in [3.63, 3.8) is 0 Å². The van der Waals surface area contributed by atoms with Gasteiger partial charge in [0.1, 0.15) is 0 Å². The van der Waals surface area contributed by atoms with E-state index in [4.69, 9.17) is 0 Å². The van der Waals surface area contributed by atoms with Crippen LogP contribution in [0.1, 0.15) is 51.4 Å². The lowest BCUT2D eigenvalue weighted by Crippen LogP contribution is -2.44. The van der Waals surface area contributed by atoms with Crippen LogP contribution in [0.5, 0.6) is 0 Å². The second-order valence-electron chi connectivity index (χ2n) is 7.18. The Balaban J connectivity index is 1.43. The minimum Gasteiger partial charge on any atom is -0.389 e. The van der Waals surface area contributed by atoms with E-state index in [2.05, 4.69) is 9.80 Å². The zero-order chi connectivity index (χ0) is 13.1. The van der Waals surface area contributed by atoms with Crippen LogP contribution < -0.4 is 0 Å². The van der Waals surface area contributed by atoms with Crippen molar-refractivity contribution in [2.24, 2.45) is 5.92 Å². The normalized spacial score (nSPS) is 33.0. The Bertz CT molecular complexity index is 282. The average molecular weight is 266 g/mol. The van der Waals surface area contributed by atoms with Crippen LogP contribution in [0, 0.1) is 5.92 Å². The molecule has 3 fully saturated rings. The molecule has 3 rings (SSSR count). The quantitative estimate of drug-likeness (QED) is 0.844. The molecule has 1 N–H and O–H groups in total. The van der Waals surface area contributed by atoms with Gasteiger partial charge in [-0.3, -0.25) is 0 Å². The lowest BCUT2D eigenvalue weighted by Gasteiger charge is -2.35. The highest BCUT2D eigenvalue weighted by molar-refractivity contribution is 4.89. The third-order valence-corrected chi connectivity index (χ3v) is 5.39. The highest BCUT2D eigenvalue weighted by Gasteiger charge is 2.34. The molecule has 3 heteroatoms. The number of nitrogens with zero attached hydrogens (tertiary/aromatic N) is 2. The summed E-state index contributed by atoms with van der Waals surface area (Å²) in [5.74, 6) is 0.852. The van der Waals surface area contributed by atoms with Gasteiger partial charge in [-0.25, -0.2) is 0 Å². The Kier molecular flexibility index (Phi) is 4.45. The monoisotopic (exact) mass is 266 g/mol. The third-order valence-electron chi connectivity index (χ3n) is 5.39. The first kappa shape index (κ1) is 13.8. The van der Waals surface area contributed by atoms with E-state index in [0.717, 1.165) is 25.3 Å². The van der Waals surface area contributed by atoms with Gasteiger partial charge in [0.05, 0.1) is 5.60 Å². The van der Waals surface area contributed by atoms with Crippen LogP contribution in [0.15, 0.2) is 0 Å². The fourth-order valence-corrected chi connectivity index (χ4v) is 4.32. The number of hydrogen-bond acceptors (Lipinski definition) is 3. The van der Waals surface area contributed by atoms with E-state index in [0.29, 0.717) is 0 Å². The molecule has 110 valence electrons. The van der Waals surface area contributed by atoms with Crippen LogP contribution in [0.2, 0.25) is 0 Å². The van der Waals surface area contributed by atoms with Crippen molar-refractivity contribution < 1.29 is 5.11 Å². The van der Waals surface area contributed by atoms with Crippen LogP contribution in [0.3, 0.4) is 0 Å². The van der Waals surface area contributed by atoms with Crippen molar-refractivity contribution in [1.82, 2.24) is 9.80 Å². The Labute approximate surface area is 118 Å². The minimum atomic E-state index is -0.360. The summed E-state index contributed by atoms with van der Waals surface area (Å²) in [5.41, 5.74) is -0.360. The molecule has 2 heterocycles. The fourth-order valence-electron chi connectivity index (χ4n) is 4.32. The summed E-state index contributed by atoms with van der Waals surface area (Å²) in [7, 11) is 0. The molecule has 1 unspecified atom stereocenters. The van der Waals surface area contributed by atoms with Crippen molar-refractivity contribution >= 4 is 0 Å². The maximum Gasteiger partial charge on any atom is 0.0774 e. The van der Waals surface area contributed by atoms with E-state index in [1.807, 2.05) is 0 Å². The molecule has 19 heavy (non-hydrogen) atoms. The number of β-amino-alcohol motifs (C(OH)–C–C–N with tert-alkyl or cyclic N) is 1. The van der Waals surface area contributed by atoms with E-state index >= 15 is 0 Å². The van der Waals surface area contributed by atoms with Gasteiger partial charge >= 0.3 is 0 Å². The van der Waals surface area contributed by atoms with Crippen LogP contribution >= 0.6 is 0 Å². The highest BCUT2D eigenvalue weighted by Crippen LogP contribution is 2.30. The van der Waals surface area contributed by atoms with E-state index < -0.39 is 0 Å². The average Bonchev–Trinajstić information content (AvgIpc) is 3.03. The predicted molar refractivity (Wildman–Crippen MR) is 78.3 cm³/mol. The smallest absolute Gasteiger partial charge is 0.0774 e. The first-order valence-electron chi connectivity index (χ1n) is 8.41. The number of aliphatic hydroxyl groups is 1. The largest absolute Gasteiger partial charge is 0.389 e. The minimum absolute atomic E-state index is 0.360. The SMILES string of the molecule is OC1(CN2CCC(CN3CCCC3)C2)CCCCC1. The first-order valence-corrected chi connectivity index (χ1v) is 8.41. The number of likely N-dealkylation sites (tertiary alicyclic amines) is 2. The summed E-state index contributed by atoms with van der Waals surface area (Å²) in [5, 5.41) is 10.7. The van der Waals surface area contributed by atoms with E-state index in [1.54, 1.807) is 0 Å². The Morgan fingerprint density at radius 3 is 2.37 bits per heavy atom. The molecule has 1 aliphatic carbocycles. The zero-order valence-electron chi connectivity index (χ0n) is 12.3. The van der Waals surface area contributed by atoms with E-state index in [-0.39, 0.29) is 5.60 Å². The molecule has 0 amide bonds. The summed E-state index contributed by atoms with van der Waals surface area (Å²) < 4.78 is 0. The summed E-state index contributed by atoms with van der Waals surface area (Å²) in [6.07, 6.45) is 9.96. The van der Waals surface area contributed by atoms with Gasteiger partial charge in [-0.05, 0) is 57.7 Å². The maximum absolute atomic E-state index is 10.7. The summed E-state index contributed by atoms with van der Waals surface area (Å²) >= 11 is 0. The molecular weight excluding hydrogens is 236 g/mol. The van der Waals surface area contributed by atoms with Crippen LogP contribution in [0.4, 0.5) is 0 Å². The van der Waals surface area contributed by atoms with Gasteiger partial charge in [0, 0.05) is 19.6 Å². The molecule has 0 aromatic carbocycles. The second kappa shape index (κ2) is 6.11. The van der Waals surface area contributed by atoms with Crippen LogP contribution in [-0.4, -0.2) is 59.8 Å². The van der Waals surface area contributed by atoms with E-state index in [1.165, 1.54) is 71.2 Å². The van der Waals surface area contributed by atoms with Gasteiger partial charge in [0.15, 0.2) is 0 Å². The molecular formula is C16H30N2O. The van der Waals surface area contributed by atoms with Crippen molar-refractivity contribution in [1.29, 1.82) is 0 Å². The lowest BCUT2D eigenvalue weighted by atomic mass is 9.84. The van der Waals surface area contributed by atoms with Gasteiger partial charge in [-0.15, -0.1) is 0 Å². The standard InChI is InChI=1S/C16H30N2O/c19-16(7-2-1-3-8-16)14-18-11-6-15(13-18)12-17-9-4-5-10-17/h15,19H,1-14H2. The first-order chi connectivity index (χ1) is 9.23. The summed E-state index contributed by atoms with van der Waals surface area (Å²) in [6.45, 7) is 7.30. The molecule has 0 aromatic rings. The topological polar surface area (TPSA) is 26.7 Å². The van der Waals surface area contributed by atoms with Gasteiger partial charge < -0.3 is 14.9 Å². The molecule has 0 aromatic heterocycles. The fraction of sp³-hybridized carbons (Fsp3) is 1.00.